The lowest BCUT2D eigenvalue weighted by molar-refractivity contribution is 0.251. The van der Waals surface area contributed by atoms with Crippen molar-refractivity contribution in [1.29, 1.82) is 0 Å². The molecule has 0 aliphatic rings. The summed E-state index contributed by atoms with van der Waals surface area (Å²) in [5, 5.41) is 5.69. The summed E-state index contributed by atoms with van der Waals surface area (Å²) in [7, 11) is 0. The van der Waals surface area contributed by atoms with Crippen LogP contribution in [0, 0.1) is 13.8 Å². The van der Waals surface area contributed by atoms with Crippen LogP contribution < -0.4 is 10.6 Å². The maximum Gasteiger partial charge on any atom is 0.319 e. The lowest BCUT2D eigenvalue weighted by Crippen LogP contribution is -2.28. The predicted molar refractivity (Wildman–Crippen MR) is 85.9 cm³/mol. The lowest BCUT2D eigenvalue weighted by Gasteiger charge is -2.10. The number of benzene rings is 2. The summed E-state index contributed by atoms with van der Waals surface area (Å²) < 4.78 is 1.03. The summed E-state index contributed by atoms with van der Waals surface area (Å²) in [5.74, 6) is 0. The number of amides is 2. The Hall–Kier alpha value is -1.81. The first-order chi connectivity index (χ1) is 9.56. The average molecular weight is 333 g/mol. The minimum absolute atomic E-state index is 0.199. The van der Waals surface area contributed by atoms with Crippen LogP contribution in [0.3, 0.4) is 0 Å². The van der Waals surface area contributed by atoms with E-state index < -0.39 is 0 Å². The molecule has 0 atom stereocenters. The van der Waals surface area contributed by atoms with E-state index in [1.54, 1.807) is 0 Å². The molecule has 0 unspecified atom stereocenters. The number of urea groups is 1. The van der Waals surface area contributed by atoms with E-state index in [1.165, 1.54) is 5.56 Å². The van der Waals surface area contributed by atoms with Gasteiger partial charge in [0.2, 0.25) is 0 Å². The molecule has 2 rings (SSSR count). The molecule has 4 heteroatoms. The predicted octanol–water partition coefficient (Wildman–Crippen LogP) is 4.39. The van der Waals surface area contributed by atoms with Gasteiger partial charge in [-0.25, -0.2) is 4.79 Å². The topological polar surface area (TPSA) is 41.1 Å². The number of halogens is 1. The van der Waals surface area contributed by atoms with E-state index in [4.69, 9.17) is 0 Å². The van der Waals surface area contributed by atoms with E-state index in [0.29, 0.717) is 6.54 Å². The number of anilines is 1. The van der Waals surface area contributed by atoms with Crippen molar-refractivity contribution < 1.29 is 4.79 Å². The summed E-state index contributed by atoms with van der Waals surface area (Å²) in [4.78, 5) is 11.9. The summed E-state index contributed by atoms with van der Waals surface area (Å²) in [5.41, 5.74) is 4.16. The largest absolute Gasteiger partial charge is 0.334 e. The Morgan fingerprint density at radius 1 is 1.10 bits per heavy atom. The zero-order chi connectivity index (χ0) is 14.5. The van der Waals surface area contributed by atoms with Crippen LogP contribution in [0.5, 0.6) is 0 Å². The van der Waals surface area contributed by atoms with Crippen LogP contribution in [-0.2, 0) is 6.54 Å². The molecule has 0 saturated carbocycles. The van der Waals surface area contributed by atoms with Gasteiger partial charge in [-0.1, -0.05) is 40.2 Å². The Morgan fingerprint density at radius 2 is 1.85 bits per heavy atom. The molecular formula is C16H17BrN2O. The number of carbonyl (C=O) groups excluding carboxylic acids is 1. The van der Waals surface area contributed by atoms with E-state index in [9.17, 15) is 4.79 Å². The number of nitrogens with one attached hydrogen (secondary N) is 2. The fourth-order valence-electron chi connectivity index (χ4n) is 1.88. The molecule has 2 N–H and O–H groups in total. The third-order valence-electron chi connectivity index (χ3n) is 3.12. The Labute approximate surface area is 127 Å². The first-order valence-electron chi connectivity index (χ1n) is 6.42. The molecule has 0 fully saturated rings. The molecule has 0 heterocycles. The highest BCUT2D eigenvalue weighted by molar-refractivity contribution is 9.10. The molecule has 2 amide bonds. The number of carbonyl (C=O) groups is 1. The maximum atomic E-state index is 11.9. The van der Waals surface area contributed by atoms with Gasteiger partial charge >= 0.3 is 6.03 Å². The van der Waals surface area contributed by atoms with Gasteiger partial charge in [-0.05, 0) is 48.7 Å². The van der Waals surface area contributed by atoms with Crippen LogP contribution in [0.25, 0.3) is 0 Å². The molecule has 3 nitrogen and oxygen atoms in total. The number of rotatable bonds is 3. The van der Waals surface area contributed by atoms with Crippen molar-refractivity contribution >= 4 is 27.6 Å². The third-order valence-corrected chi connectivity index (χ3v) is 4.01. The number of aryl methyl sites for hydroxylation is 2. The van der Waals surface area contributed by atoms with Crippen LogP contribution in [-0.4, -0.2) is 6.03 Å². The van der Waals surface area contributed by atoms with Crippen LogP contribution in [0.4, 0.5) is 10.5 Å². The molecule has 0 radical (unpaired) electrons. The summed E-state index contributed by atoms with van der Waals surface area (Å²) in [6.07, 6.45) is 0. The fraction of sp³-hybridized carbons (Fsp3) is 0.188. The maximum absolute atomic E-state index is 11.9. The first kappa shape index (κ1) is 14.6. The van der Waals surface area contributed by atoms with Gasteiger partial charge in [-0.3, -0.25) is 0 Å². The van der Waals surface area contributed by atoms with E-state index in [-0.39, 0.29) is 6.03 Å². The second-order valence-electron chi connectivity index (χ2n) is 4.70. The van der Waals surface area contributed by atoms with E-state index in [1.807, 2.05) is 56.3 Å². The third kappa shape index (κ3) is 3.84. The molecule has 0 aliphatic carbocycles. The molecule has 2 aromatic rings. The molecule has 2 aromatic carbocycles. The van der Waals surface area contributed by atoms with Crippen molar-refractivity contribution in [3.63, 3.8) is 0 Å². The van der Waals surface area contributed by atoms with Crippen LogP contribution in [0.1, 0.15) is 16.7 Å². The lowest BCUT2D eigenvalue weighted by atomic mass is 10.1. The fourth-order valence-corrected chi connectivity index (χ4v) is 2.13. The Balaban J connectivity index is 1.93. The van der Waals surface area contributed by atoms with Crippen LogP contribution in [0.2, 0.25) is 0 Å². The van der Waals surface area contributed by atoms with Crippen molar-refractivity contribution in [1.82, 2.24) is 5.32 Å². The number of hydrogen-bond donors (Lipinski definition) is 2. The summed E-state index contributed by atoms with van der Waals surface area (Å²) >= 11 is 3.44. The molecule has 0 aliphatic heterocycles. The Kier molecular flexibility index (Phi) is 4.79. The molecule has 0 spiro atoms. The highest BCUT2D eigenvalue weighted by atomic mass is 79.9. The zero-order valence-corrected chi connectivity index (χ0v) is 13.1. The van der Waals surface area contributed by atoms with Gasteiger partial charge in [0.05, 0.1) is 0 Å². The smallest absolute Gasteiger partial charge is 0.319 e. The van der Waals surface area contributed by atoms with E-state index in [2.05, 4.69) is 26.6 Å². The van der Waals surface area contributed by atoms with E-state index >= 15 is 0 Å². The first-order valence-corrected chi connectivity index (χ1v) is 7.21. The number of hydrogen-bond acceptors (Lipinski definition) is 1. The molecular weight excluding hydrogens is 316 g/mol. The monoisotopic (exact) mass is 332 g/mol. The minimum Gasteiger partial charge on any atom is -0.334 e. The van der Waals surface area contributed by atoms with Crippen molar-refractivity contribution in [2.75, 3.05) is 5.32 Å². The normalized spacial score (nSPS) is 10.2. The molecule has 20 heavy (non-hydrogen) atoms. The quantitative estimate of drug-likeness (QED) is 0.859. The van der Waals surface area contributed by atoms with Gasteiger partial charge in [0.15, 0.2) is 0 Å². The molecule has 0 aromatic heterocycles. The van der Waals surface area contributed by atoms with Gasteiger partial charge in [0.1, 0.15) is 0 Å². The van der Waals surface area contributed by atoms with Crippen LogP contribution in [0.15, 0.2) is 46.9 Å². The molecule has 0 bridgehead atoms. The Morgan fingerprint density at radius 3 is 2.55 bits per heavy atom. The van der Waals surface area contributed by atoms with Crippen LogP contribution >= 0.6 is 15.9 Å². The average Bonchev–Trinajstić information content (AvgIpc) is 2.42. The van der Waals surface area contributed by atoms with Gasteiger partial charge in [0, 0.05) is 16.7 Å². The highest BCUT2D eigenvalue weighted by Gasteiger charge is 2.04. The van der Waals surface area contributed by atoms with Crippen molar-refractivity contribution in [2.45, 2.75) is 20.4 Å². The summed E-state index contributed by atoms with van der Waals surface area (Å²) in [6.45, 7) is 4.54. The standard InChI is InChI=1S/C16H17BrN2O/c1-11-5-3-4-6-13(11)10-18-16(20)19-14-7-8-15(17)12(2)9-14/h3-9H,10H2,1-2H3,(H2,18,19,20). The van der Waals surface area contributed by atoms with Gasteiger partial charge in [-0.2, -0.15) is 0 Å². The Bertz CT molecular complexity index is 626. The zero-order valence-electron chi connectivity index (χ0n) is 11.5. The van der Waals surface area contributed by atoms with Gasteiger partial charge in [-0.15, -0.1) is 0 Å². The van der Waals surface area contributed by atoms with E-state index in [0.717, 1.165) is 21.3 Å². The SMILES string of the molecule is Cc1cc(NC(=O)NCc2ccccc2C)ccc1Br. The molecule has 104 valence electrons. The van der Waals surface area contributed by atoms with Crippen molar-refractivity contribution in [3.8, 4) is 0 Å². The van der Waals surface area contributed by atoms with Gasteiger partial charge in [0.25, 0.3) is 0 Å². The molecule has 0 saturated heterocycles. The summed E-state index contributed by atoms with van der Waals surface area (Å²) in [6, 6.07) is 13.5. The van der Waals surface area contributed by atoms with Crippen molar-refractivity contribution in [3.05, 3.63) is 63.6 Å². The van der Waals surface area contributed by atoms with Gasteiger partial charge < -0.3 is 10.6 Å². The second-order valence-corrected chi connectivity index (χ2v) is 5.55. The minimum atomic E-state index is -0.199. The highest BCUT2D eigenvalue weighted by Crippen LogP contribution is 2.19. The second kappa shape index (κ2) is 6.57. The van der Waals surface area contributed by atoms with Crippen molar-refractivity contribution in [2.24, 2.45) is 0 Å².